The maximum absolute atomic E-state index is 14.0. The van der Waals surface area contributed by atoms with Crippen LogP contribution in [0.5, 0.6) is 5.75 Å². The van der Waals surface area contributed by atoms with E-state index in [1.165, 1.54) is 38.4 Å². The molecule has 54 heavy (non-hydrogen) atoms. The molecule has 0 saturated carbocycles. The Morgan fingerprint density at radius 1 is 0.704 bits per heavy atom. The van der Waals surface area contributed by atoms with E-state index in [1.54, 1.807) is 91.0 Å². The number of aromatic nitrogens is 5. The van der Waals surface area contributed by atoms with Gasteiger partial charge in [-0.15, -0.1) is 10.2 Å². The van der Waals surface area contributed by atoms with Crippen molar-refractivity contribution in [2.24, 2.45) is 7.05 Å². The van der Waals surface area contributed by atoms with Crippen LogP contribution in [0.3, 0.4) is 0 Å². The van der Waals surface area contributed by atoms with Crippen LogP contribution in [0.25, 0.3) is 22.6 Å². The van der Waals surface area contributed by atoms with Crippen LogP contribution in [0, 0.1) is 0 Å². The van der Waals surface area contributed by atoms with E-state index in [0.717, 1.165) is 9.13 Å². The number of fused-ring (bicyclic) bond motifs is 1. The zero-order valence-electron chi connectivity index (χ0n) is 28.8. The Balaban J connectivity index is 1.34. The molecule has 2 aromatic heterocycles. The van der Waals surface area contributed by atoms with Crippen molar-refractivity contribution in [2.45, 2.75) is 24.5 Å². The highest BCUT2D eigenvalue weighted by Crippen LogP contribution is 2.36. The fourth-order valence-corrected chi connectivity index (χ4v) is 5.88. The van der Waals surface area contributed by atoms with Crippen LogP contribution in [-0.4, -0.2) is 74.3 Å². The second kappa shape index (κ2) is 15.3. The van der Waals surface area contributed by atoms with Gasteiger partial charge in [-0.25, -0.2) is 28.7 Å². The van der Waals surface area contributed by atoms with E-state index in [0.29, 0.717) is 11.3 Å². The molecule has 0 aliphatic carbocycles. The first-order valence-electron chi connectivity index (χ1n) is 16.6. The van der Waals surface area contributed by atoms with Crippen molar-refractivity contribution >= 4 is 29.1 Å². The molecule has 0 unspecified atom stereocenters. The summed E-state index contributed by atoms with van der Waals surface area (Å²) in [6.45, 7) is -0.500. The van der Waals surface area contributed by atoms with E-state index in [1.807, 2.05) is 0 Å². The minimum Gasteiger partial charge on any atom is -0.497 e. The second-order valence-electron chi connectivity index (χ2n) is 12.1. The highest BCUT2D eigenvalue weighted by atomic mass is 16.7. The van der Waals surface area contributed by atoms with Crippen molar-refractivity contribution in [1.82, 2.24) is 24.3 Å². The highest BCUT2D eigenvalue weighted by molar-refractivity contribution is 5.91. The lowest BCUT2D eigenvalue weighted by Crippen LogP contribution is -2.45. The molecular weight excluding hydrogens is 698 g/mol. The van der Waals surface area contributed by atoms with Gasteiger partial charge >= 0.3 is 23.6 Å². The van der Waals surface area contributed by atoms with Crippen molar-refractivity contribution in [3.05, 3.63) is 153 Å². The molecule has 0 radical (unpaired) electrons. The van der Waals surface area contributed by atoms with Gasteiger partial charge in [0.25, 0.3) is 5.56 Å². The van der Waals surface area contributed by atoms with Crippen molar-refractivity contribution in [3.8, 4) is 17.1 Å². The summed E-state index contributed by atoms with van der Waals surface area (Å²) in [5.74, 6) is -1.71. The van der Waals surface area contributed by atoms with Crippen LogP contribution in [0.15, 0.2) is 125 Å². The second-order valence-corrected chi connectivity index (χ2v) is 12.1. The number of methoxy groups -OCH3 is 1. The summed E-state index contributed by atoms with van der Waals surface area (Å²) in [5, 5.41) is 8.45. The maximum atomic E-state index is 14.0. The summed E-state index contributed by atoms with van der Waals surface area (Å²) in [7, 11) is 2.76. The Labute approximate surface area is 306 Å². The molecule has 6 aromatic rings. The van der Waals surface area contributed by atoms with E-state index in [-0.39, 0.29) is 33.7 Å². The number of carbonyl (C=O) groups is 3. The first-order chi connectivity index (χ1) is 26.2. The van der Waals surface area contributed by atoms with Gasteiger partial charge in [-0.1, -0.05) is 54.6 Å². The van der Waals surface area contributed by atoms with Gasteiger partial charge in [0.2, 0.25) is 0 Å². The number of ether oxygens (including phenoxy) is 5. The zero-order chi connectivity index (χ0) is 37.8. The SMILES string of the molecule is COc1ccc(-c2nnc3c(n2)c(=O)n(C)c(=O)n3[C@@H]2O[C@H](COC(=O)c3ccccc3)[C@@H](OC(=O)c3ccccc3)[C@H]2OC(=O)c2ccccc2)cc1. The third-order valence-electron chi connectivity index (χ3n) is 8.68. The molecule has 1 fully saturated rings. The number of nitrogens with zero attached hydrogens (tertiary/aromatic N) is 5. The summed E-state index contributed by atoms with van der Waals surface area (Å²) in [6, 6.07) is 30.9. The molecule has 15 heteroatoms. The van der Waals surface area contributed by atoms with Gasteiger partial charge < -0.3 is 23.7 Å². The van der Waals surface area contributed by atoms with Crippen LogP contribution in [-0.2, 0) is 26.0 Å². The summed E-state index contributed by atoms with van der Waals surface area (Å²) in [6.07, 6.45) is -5.93. The third-order valence-corrected chi connectivity index (χ3v) is 8.68. The lowest BCUT2D eigenvalue weighted by molar-refractivity contribution is -0.0627. The Bertz CT molecular complexity index is 2440. The van der Waals surface area contributed by atoms with Crippen LogP contribution in [0.4, 0.5) is 0 Å². The average molecular weight is 730 g/mol. The summed E-state index contributed by atoms with van der Waals surface area (Å²) < 4.78 is 30.9. The predicted octanol–water partition coefficient (Wildman–Crippen LogP) is 3.77. The summed E-state index contributed by atoms with van der Waals surface area (Å²) in [4.78, 5) is 72.3. The van der Waals surface area contributed by atoms with Crippen molar-refractivity contribution in [3.63, 3.8) is 0 Å². The monoisotopic (exact) mass is 729 g/mol. The van der Waals surface area contributed by atoms with Gasteiger partial charge in [0.1, 0.15) is 18.5 Å². The van der Waals surface area contributed by atoms with Gasteiger partial charge in [0, 0.05) is 12.6 Å². The number of hydrogen-bond donors (Lipinski definition) is 0. The molecule has 1 saturated heterocycles. The van der Waals surface area contributed by atoms with E-state index in [9.17, 15) is 24.0 Å². The molecule has 15 nitrogen and oxygen atoms in total. The van der Waals surface area contributed by atoms with Gasteiger partial charge in [-0.2, -0.15) is 0 Å². The molecular formula is C39H31N5O10. The van der Waals surface area contributed by atoms with Crippen molar-refractivity contribution in [1.29, 1.82) is 0 Å². The molecule has 272 valence electrons. The average Bonchev–Trinajstić information content (AvgIpc) is 3.54. The topological polar surface area (TPSA) is 180 Å². The molecule has 1 aliphatic heterocycles. The normalized spacial score (nSPS) is 17.8. The first kappa shape index (κ1) is 35.4. The molecule has 4 atom stereocenters. The number of hydrogen-bond acceptors (Lipinski definition) is 13. The number of carbonyl (C=O) groups excluding carboxylic acids is 3. The number of rotatable bonds is 10. The minimum atomic E-state index is -1.60. The van der Waals surface area contributed by atoms with E-state index >= 15 is 0 Å². The van der Waals surface area contributed by atoms with Gasteiger partial charge in [0.15, 0.2) is 35.4 Å². The molecule has 0 N–H and O–H groups in total. The molecule has 0 bridgehead atoms. The van der Waals surface area contributed by atoms with Gasteiger partial charge in [-0.3, -0.25) is 9.36 Å². The van der Waals surface area contributed by atoms with Crippen LogP contribution in [0.1, 0.15) is 37.3 Å². The van der Waals surface area contributed by atoms with Gasteiger partial charge in [0.05, 0.1) is 23.8 Å². The lowest BCUT2D eigenvalue weighted by Gasteiger charge is -2.25. The van der Waals surface area contributed by atoms with Gasteiger partial charge in [-0.05, 0) is 60.7 Å². The first-order valence-corrected chi connectivity index (χ1v) is 16.6. The Morgan fingerprint density at radius 3 is 1.80 bits per heavy atom. The Hall–Kier alpha value is -7.00. The van der Waals surface area contributed by atoms with Crippen LogP contribution >= 0.6 is 0 Å². The fraction of sp³-hybridized carbons (Fsp3) is 0.179. The molecule has 1 aliphatic rings. The molecule has 7 rings (SSSR count). The number of esters is 3. The van der Waals surface area contributed by atoms with E-state index in [2.05, 4.69) is 15.2 Å². The third kappa shape index (κ3) is 7.07. The predicted molar refractivity (Wildman–Crippen MR) is 191 cm³/mol. The maximum Gasteiger partial charge on any atom is 0.338 e. The fourth-order valence-electron chi connectivity index (χ4n) is 5.88. The molecule has 3 heterocycles. The quantitative estimate of drug-likeness (QED) is 0.147. The minimum absolute atomic E-state index is 0.0761. The zero-order valence-corrected chi connectivity index (χ0v) is 28.8. The lowest BCUT2D eigenvalue weighted by atomic mass is 10.1. The Kier molecular flexibility index (Phi) is 10.0. The molecule has 0 amide bonds. The largest absolute Gasteiger partial charge is 0.497 e. The van der Waals surface area contributed by atoms with Crippen molar-refractivity contribution < 1.29 is 38.1 Å². The van der Waals surface area contributed by atoms with E-state index in [4.69, 9.17) is 23.7 Å². The highest BCUT2D eigenvalue weighted by Gasteiger charge is 2.52. The standard InChI is InChI=1S/C39H31N5O10/c1-43-34(45)29-33(42-41-32(40-29)23-18-20-27(50-2)21-19-23)44(39(43)49)35-31(54-38(48)26-16-10-5-11-17-26)30(53-37(47)25-14-8-4-9-15-25)28(52-35)22-51-36(46)24-12-6-3-7-13-24/h3-21,28,30-31,35H,22H2,1-2H3/t28-,30-,31-,35-/m1/s1. The smallest absolute Gasteiger partial charge is 0.338 e. The molecule has 0 spiro atoms. The molecule has 4 aromatic carbocycles. The number of benzene rings is 4. The van der Waals surface area contributed by atoms with E-state index < -0.39 is 60.3 Å². The summed E-state index contributed by atoms with van der Waals surface area (Å²) >= 11 is 0. The summed E-state index contributed by atoms with van der Waals surface area (Å²) in [5.41, 5.74) is -1.22. The van der Waals surface area contributed by atoms with Crippen molar-refractivity contribution in [2.75, 3.05) is 13.7 Å². The Morgan fingerprint density at radius 2 is 1.24 bits per heavy atom. The van der Waals surface area contributed by atoms with Crippen LogP contribution in [0.2, 0.25) is 0 Å². The van der Waals surface area contributed by atoms with Crippen LogP contribution < -0.4 is 16.0 Å².